The minimum absolute atomic E-state index is 0.0579. The van der Waals surface area contributed by atoms with E-state index in [1.54, 1.807) is 97.1 Å². The van der Waals surface area contributed by atoms with Crippen molar-refractivity contribution in [1.82, 2.24) is 15.0 Å². The lowest BCUT2D eigenvalue weighted by Crippen LogP contribution is -2.39. The molecule has 224 valence electrons. The maximum absolute atomic E-state index is 14.1. The van der Waals surface area contributed by atoms with Crippen LogP contribution in [-0.4, -0.2) is 27.3 Å². The van der Waals surface area contributed by atoms with E-state index in [-0.39, 0.29) is 28.0 Å². The van der Waals surface area contributed by atoms with Gasteiger partial charge in [0.05, 0.1) is 22.2 Å². The summed E-state index contributed by atoms with van der Waals surface area (Å²) in [6.07, 6.45) is 2.99. The summed E-state index contributed by atoms with van der Waals surface area (Å²) in [4.78, 5) is 58.6. The number of benzene rings is 4. The summed E-state index contributed by atoms with van der Waals surface area (Å²) in [7, 11) is 0. The molecule has 2 amide bonds. The molecule has 1 aromatic heterocycles. The number of fused-ring (bicyclic) bond motifs is 1. The number of nitrogens with one attached hydrogen (secondary N) is 2. The fourth-order valence-corrected chi connectivity index (χ4v) is 5.90. The van der Waals surface area contributed by atoms with Gasteiger partial charge in [0.2, 0.25) is 0 Å². The first-order chi connectivity index (χ1) is 21.6. The van der Waals surface area contributed by atoms with Gasteiger partial charge in [-0.25, -0.2) is 4.98 Å². The molecule has 45 heavy (non-hydrogen) atoms. The quantitative estimate of drug-likeness (QED) is 0.0989. The summed E-state index contributed by atoms with van der Waals surface area (Å²) in [6.45, 7) is 1.26. The van der Waals surface area contributed by atoms with Gasteiger partial charge in [0.25, 0.3) is 17.4 Å². The largest absolute Gasteiger partial charge is 0.319 e. The lowest BCUT2D eigenvalue weighted by molar-refractivity contribution is -0.119. The normalized spacial score (nSPS) is 11.7. The number of hydrogen-bond acceptors (Lipinski definition) is 5. The maximum Gasteiger partial charge on any atom is 0.280 e. The van der Waals surface area contributed by atoms with Gasteiger partial charge in [0, 0.05) is 19.5 Å². The number of hydrogen-bond donors (Lipinski definition) is 2. The highest BCUT2D eigenvalue weighted by Crippen LogP contribution is 2.28. The van der Waals surface area contributed by atoms with E-state index in [1.165, 1.54) is 13.0 Å². The topological polar surface area (TPSA) is 110 Å². The van der Waals surface area contributed by atoms with Gasteiger partial charge < -0.3 is 5.32 Å². The van der Waals surface area contributed by atoms with Crippen molar-refractivity contribution in [3.05, 3.63) is 149 Å². The van der Waals surface area contributed by atoms with Gasteiger partial charge in [-0.15, -0.1) is 0 Å². The van der Waals surface area contributed by atoms with E-state index >= 15 is 0 Å². The summed E-state index contributed by atoms with van der Waals surface area (Å²) in [6, 6.07) is 27.5. The summed E-state index contributed by atoms with van der Waals surface area (Å²) in [5.74, 6) is -1.98. The van der Waals surface area contributed by atoms with Gasteiger partial charge in [-0.05, 0) is 76.5 Å². The predicted molar refractivity (Wildman–Crippen MR) is 184 cm³/mol. The zero-order valence-corrected chi connectivity index (χ0v) is 27.5. The highest BCUT2D eigenvalue weighted by atomic mass is 79.9. The van der Waals surface area contributed by atoms with Crippen LogP contribution in [0.3, 0.4) is 0 Å². The van der Waals surface area contributed by atoms with Gasteiger partial charge in [0.1, 0.15) is 0 Å². The van der Waals surface area contributed by atoms with Crippen molar-refractivity contribution in [2.24, 2.45) is 0 Å². The number of ketones is 1. The Hall–Kier alpha value is -4.64. The summed E-state index contributed by atoms with van der Waals surface area (Å²) >= 11 is 13.4. The Balaban J connectivity index is 1.74. The number of aromatic nitrogens is 2. The van der Waals surface area contributed by atoms with Crippen LogP contribution in [0.5, 0.6) is 0 Å². The van der Waals surface area contributed by atoms with Crippen molar-refractivity contribution in [3.63, 3.8) is 0 Å². The van der Waals surface area contributed by atoms with E-state index in [1.807, 2.05) is 6.07 Å². The van der Waals surface area contributed by atoms with E-state index in [4.69, 9.17) is 16.6 Å². The first-order valence-corrected chi connectivity index (χ1v) is 15.4. The van der Waals surface area contributed by atoms with Crippen molar-refractivity contribution in [2.45, 2.75) is 6.92 Å². The molecule has 0 atom stereocenters. The predicted octanol–water partition coefficient (Wildman–Crippen LogP) is 7.25. The smallest absolute Gasteiger partial charge is 0.280 e. The zero-order chi connectivity index (χ0) is 32.1. The zero-order valence-electron chi connectivity index (χ0n) is 23.6. The molecule has 11 heteroatoms. The Morgan fingerprint density at radius 1 is 0.867 bits per heavy atom. The maximum atomic E-state index is 14.1. The molecule has 0 aliphatic rings. The average Bonchev–Trinajstić information content (AvgIpc) is 3.02. The van der Waals surface area contributed by atoms with Crippen molar-refractivity contribution in [3.8, 4) is 0 Å². The lowest BCUT2D eigenvalue weighted by Gasteiger charge is -2.18. The van der Waals surface area contributed by atoms with Crippen molar-refractivity contribution in [1.29, 1.82) is 0 Å². The molecule has 0 saturated carbocycles. The molecule has 0 unspecified atom stereocenters. The van der Waals surface area contributed by atoms with Crippen LogP contribution in [-0.2, 0) is 9.59 Å². The Kier molecular flexibility index (Phi) is 9.87. The van der Waals surface area contributed by atoms with Crippen LogP contribution in [0.1, 0.15) is 34.2 Å². The molecule has 8 nitrogen and oxygen atoms in total. The minimum Gasteiger partial charge on any atom is -0.319 e. The Bertz CT molecular complexity index is 2080. The second-order valence-corrected chi connectivity index (χ2v) is 11.9. The number of rotatable bonds is 8. The molecule has 5 aromatic rings. The fraction of sp³-hybridized carbons (Fsp3) is 0.0294. The highest BCUT2D eigenvalue weighted by Gasteiger charge is 2.23. The third-order valence-electron chi connectivity index (χ3n) is 6.57. The summed E-state index contributed by atoms with van der Waals surface area (Å²) in [5, 5.41) is 3.37. The van der Waals surface area contributed by atoms with Gasteiger partial charge >= 0.3 is 0 Å². The number of halogens is 3. The van der Waals surface area contributed by atoms with Gasteiger partial charge in [-0.2, -0.15) is 4.68 Å². The van der Waals surface area contributed by atoms with Crippen molar-refractivity contribution < 1.29 is 14.4 Å². The first kappa shape index (κ1) is 31.8. The molecule has 4 aromatic carbocycles. The molecule has 5 rings (SSSR count). The summed E-state index contributed by atoms with van der Waals surface area (Å²) in [5.41, 5.74) is 3.51. The van der Waals surface area contributed by atoms with Gasteiger partial charge in [-0.3, -0.25) is 24.6 Å². The molecular formula is C34H23Br2ClN4O4. The van der Waals surface area contributed by atoms with E-state index in [2.05, 4.69) is 42.6 Å². The molecule has 0 aliphatic heterocycles. The van der Waals surface area contributed by atoms with Crippen LogP contribution < -0.4 is 16.3 Å². The fourth-order valence-electron chi connectivity index (χ4n) is 4.39. The SMILES string of the molecule is CC(=O)/C(=C/c1ccccc1)C(=O)Nn1c(/C(=C/c2ccccc2Cl)NC(=O)c2ccccc2)nc2c(Br)cc(Br)cc2c1=O. The molecular weight excluding hydrogens is 724 g/mol. The molecule has 1 heterocycles. The highest BCUT2D eigenvalue weighted by molar-refractivity contribution is 9.11. The van der Waals surface area contributed by atoms with Gasteiger partial charge in [0.15, 0.2) is 11.6 Å². The van der Waals surface area contributed by atoms with Crippen LogP contribution in [0.4, 0.5) is 0 Å². The Morgan fingerprint density at radius 2 is 1.51 bits per heavy atom. The molecule has 0 radical (unpaired) electrons. The number of nitrogens with zero attached hydrogens (tertiary/aromatic N) is 2. The molecule has 0 fully saturated rings. The van der Waals surface area contributed by atoms with Crippen LogP contribution in [0, 0.1) is 0 Å². The van der Waals surface area contributed by atoms with E-state index in [9.17, 15) is 19.2 Å². The number of amides is 2. The second-order valence-electron chi connectivity index (χ2n) is 9.73. The molecule has 2 N–H and O–H groups in total. The molecule has 0 bridgehead atoms. The van der Waals surface area contributed by atoms with E-state index in [0.717, 1.165) is 4.68 Å². The van der Waals surface area contributed by atoms with Crippen LogP contribution in [0.2, 0.25) is 5.02 Å². The third kappa shape index (κ3) is 7.37. The van der Waals surface area contributed by atoms with Crippen LogP contribution in [0.15, 0.2) is 116 Å². The van der Waals surface area contributed by atoms with Gasteiger partial charge in [-0.1, -0.05) is 94.3 Å². The Labute approximate surface area is 279 Å². The van der Waals surface area contributed by atoms with E-state index in [0.29, 0.717) is 30.7 Å². The molecule has 0 aliphatic carbocycles. The number of carbonyl (C=O) groups is 3. The van der Waals surface area contributed by atoms with Crippen molar-refractivity contribution in [2.75, 3.05) is 5.43 Å². The van der Waals surface area contributed by atoms with Crippen LogP contribution in [0.25, 0.3) is 28.8 Å². The number of carbonyl (C=O) groups excluding carboxylic acids is 3. The molecule has 0 saturated heterocycles. The minimum atomic E-state index is -0.851. The Morgan fingerprint density at radius 3 is 2.18 bits per heavy atom. The number of Topliss-reactive ketones (excluding diaryl/α,β-unsaturated/α-hetero) is 1. The standard InChI is InChI=1S/C34H23Br2ClN4O4/c1-20(42)25(16-21-10-4-2-5-11-21)33(44)40-41-31(39-30-26(34(41)45)18-24(35)19-27(30)36)29(17-23-14-8-9-15-28(23)37)38-32(43)22-12-6-3-7-13-22/h2-19H,1H3,(H,38,43)(H,40,44)/b25-16-,29-17-. The van der Waals surface area contributed by atoms with Crippen LogP contribution >= 0.6 is 43.5 Å². The molecule has 0 spiro atoms. The third-order valence-corrected chi connectivity index (χ3v) is 7.98. The summed E-state index contributed by atoms with van der Waals surface area (Å²) < 4.78 is 1.99. The van der Waals surface area contributed by atoms with E-state index < -0.39 is 23.2 Å². The van der Waals surface area contributed by atoms with Crippen molar-refractivity contribution >= 4 is 89.8 Å². The second kappa shape index (κ2) is 14.0. The monoisotopic (exact) mass is 744 g/mol. The first-order valence-electron chi connectivity index (χ1n) is 13.5. The average molecular weight is 747 g/mol. The lowest BCUT2D eigenvalue weighted by atomic mass is 10.1.